The predicted molar refractivity (Wildman–Crippen MR) is 85.1 cm³/mol. The van der Waals surface area contributed by atoms with Gasteiger partial charge in [0.05, 0.1) is 0 Å². The van der Waals surface area contributed by atoms with Crippen LogP contribution in [0.4, 0.5) is 0 Å². The number of phenols is 2. The quantitative estimate of drug-likeness (QED) is 0.717. The van der Waals surface area contributed by atoms with Gasteiger partial charge in [-0.15, -0.1) is 0 Å². The van der Waals surface area contributed by atoms with Crippen molar-refractivity contribution < 1.29 is 15.0 Å². The highest BCUT2D eigenvalue weighted by molar-refractivity contribution is 6.13. The maximum atomic E-state index is 12.6. The average Bonchev–Trinajstić information content (AvgIpc) is 2.56. The van der Waals surface area contributed by atoms with E-state index in [2.05, 4.69) is 0 Å². The van der Waals surface area contributed by atoms with Gasteiger partial charge in [-0.3, -0.25) is 4.79 Å². The highest BCUT2D eigenvalue weighted by Crippen LogP contribution is 2.38. The van der Waals surface area contributed by atoms with Crippen LogP contribution in [0.25, 0.3) is 11.1 Å². The standard InChI is InChI=1S/C19H14O3/c20-16-12-11-15(13-7-3-1-4-8-13)19(22)17(16)18(21)14-9-5-2-6-10-14/h1-12,20,22H. The van der Waals surface area contributed by atoms with Crippen LogP contribution in [-0.2, 0) is 0 Å². The first kappa shape index (κ1) is 13.9. The Hall–Kier alpha value is -3.07. The van der Waals surface area contributed by atoms with Crippen LogP contribution in [0.15, 0.2) is 72.8 Å². The minimum Gasteiger partial charge on any atom is -0.507 e. The van der Waals surface area contributed by atoms with E-state index in [0.29, 0.717) is 11.1 Å². The van der Waals surface area contributed by atoms with Gasteiger partial charge in [0.1, 0.15) is 17.1 Å². The lowest BCUT2D eigenvalue weighted by Crippen LogP contribution is -2.02. The van der Waals surface area contributed by atoms with Crippen LogP contribution in [0.5, 0.6) is 11.5 Å². The summed E-state index contributed by atoms with van der Waals surface area (Å²) in [5.74, 6) is -0.848. The van der Waals surface area contributed by atoms with Crippen molar-refractivity contribution in [1.82, 2.24) is 0 Å². The van der Waals surface area contributed by atoms with Gasteiger partial charge in [0.15, 0.2) is 0 Å². The molecule has 0 bridgehead atoms. The van der Waals surface area contributed by atoms with Gasteiger partial charge in [0.25, 0.3) is 0 Å². The monoisotopic (exact) mass is 290 g/mol. The molecule has 0 unspecified atom stereocenters. The van der Waals surface area contributed by atoms with Crippen LogP contribution in [0.1, 0.15) is 15.9 Å². The Morgan fingerprint density at radius 1 is 0.727 bits per heavy atom. The number of aromatic hydroxyl groups is 2. The molecule has 3 rings (SSSR count). The Morgan fingerprint density at radius 3 is 1.95 bits per heavy atom. The summed E-state index contributed by atoms with van der Waals surface area (Å²) in [6.45, 7) is 0. The van der Waals surface area contributed by atoms with Crippen molar-refractivity contribution in [3.8, 4) is 22.6 Å². The van der Waals surface area contributed by atoms with Gasteiger partial charge >= 0.3 is 0 Å². The molecule has 2 N–H and O–H groups in total. The molecule has 0 fully saturated rings. The Balaban J connectivity index is 2.15. The van der Waals surface area contributed by atoms with E-state index in [4.69, 9.17) is 0 Å². The summed E-state index contributed by atoms with van der Waals surface area (Å²) in [5, 5.41) is 20.5. The second-order valence-corrected chi connectivity index (χ2v) is 4.92. The van der Waals surface area contributed by atoms with E-state index < -0.39 is 5.78 Å². The molecule has 3 aromatic rings. The molecule has 0 saturated carbocycles. The van der Waals surface area contributed by atoms with E-state index >= 15 is 0 Å². The minimum atomic E-state index is -0.409. The van der Waals surface area contributed by atoms with Gasteiger partial charge in [-0.2, -0.15) is 0 Å². The van der Waals surface area contributed by atoms with E-state index in [1.807, 2.05) is 30.3 Å². The summed E-state index contributed by atoms with van der Waals surface area (Å²) < 4.78 is 0. The molecule has 22 heavy (non-hydrogen) atoms. The van der Waals surface area contributed by atoms with Gasteiger partial charge in [-0.25, -0.2) is 0 Å². The summed E-state index contributed by atoms with van der Waals surface area (Å²) >= 11 is 0. The molecule has 0 aliphatic carbocycles. The molecule has 3 nitrogen and oxygen atoms in total. The van der Waals surface area contributed by atoms with Gasteiger partial charge in [-0.05, 0) is 17.7 Å². The number of ketones is 1. The van der Waals surface area contributed by atoms with Gasteiger partial charge in [0.2, 0.25) is 5.78 Å². The van der Waals surface area contributed by atoms with Crippen LogP contribution in [-0.4, -0.2) is 16.0 Å². The highest BCUT2D eigenvalue weighted by atomic mass is 16.3. The summed E-state index contributed by atoms with van der Waals surface area (Å²) in [6, 6.07) is 20.8. The lowest BCUT2D eigenvalue weighted by Gasteiger charge is -2.11. The van der Waals surface area contributed by atoms with Crippen molar-refractivity contribution in [3.05, 3.63) is 83.9 Å². The van der Waals surface area contributed by atoms with Crippen LogP contribution in [0.2, 0.25) is 0 Å². The summed E-state index contributed by atoms with van der Waals surface area (Å²) in [6.07, 6.45) is 0. The van der Waals surface area contributed by atoms with E-state index in [9.17, 15) is 15.0 Å². The lowest BCUT2D eigenvalue weighted by molar-refractivity contribution is 0.103. The second-order valence-electron chi connectivity index (χ2n) is 4.92. The molecule has 0 radical (unpaired) electrons. The summed E-state index contributed by atoms with van der Waals surface area (Å²) in [4.78, 5) is 12.6. The van der Waals surface area contributed by atoms with Crippen molar-refractivity contribution in [2.75, 3.05) is 0 Å². The van der Waals surface area contributed by atoms with Crippen molar-refractivity contribution in [1.29, 1.82) is 0 Å². The fourth-order valence-corrected chi connectivity index (χ4v) is 2.39. The Bertz CT molecular complexity index is 809. The zero-order valence-electron chi connectivity index (χ0n) is 11.7. The third kappa shape index (κ3) is 2.44. The molecule has 0 spiro atoms. The van der Waals surface area contributed by atoms with Crippen molar-refractivity contribution in [2.24, 2.45) is 0 Å². The number of carbonyl (C=O) groups excluding carboxylic acids is 1. The molecule has 0 heterocycles. The van der Waals surface area contributed by atoms with Gasteiger partial charge in [-0.1, -0.05) is 60.7 Å². The molecule has 0 saturated heterocycles. The fourth-order valence-electron chi connectivity index (χ4n) is 2.39. The molecule has 0 aliphatic rings. The number of carbonyl (C=O) groups is 1. The molecule has 0 aromatic heterocycles. The SMILES string of the molecule is O=C(c1ccccc1)c1c(O)ccc(-c2ccccc2)c1O. The van der Waals surface area contributed by atoms with E-state index in [-0.39, 0.29) is 17.1 Å². The molecular weight excluding hydrogens is 276 g/mol. The average molecular weight is 290 g/mol. The fraction of sp³-hybridized carbons (Fsp3) is 0. The zero-order chi connectivity index (χ0) is 15.5. The molecule has 0 amide bonds. The second kappa shape index (κ2) is 5.74. The largest absolute Gasteiger partial charge is 0.507 e. The number of rotatable bonds is 3. The van der Waals surface area contributed by atoms with Crippen LogP contribution in [0.3, 0.4) is 0 Å². The van der Waals surface area contributed by atoms with Crippen LogP contribution < -0.4 is 0 Å². The predicted octanol–water partition coefficient (Wildman–Crippen LogP) is 4.00. The Morgan fingerprint density at radius 2 is 1.32 bits per heavy atom. The smallest absolute Gasteiger partial charge is 0.200 e. The minimum absolute atomic E-state index is 0.0763. The maximum absolute atomic E-state index is 12.6. The zero-order valence-corrected chi connectivity index (χ0v) is 11.7. The third-order valence-electron chi connectivity index (χ3n) is 3.50. The number of phenolic OH excluding ortho intramolecular Hbond substituents is 2. The first-order chi connectivity index (χ1) is 10.7. The van der Waals surface area contributed by atoms with E-state index in [0.717, 1.165) is 5.56 Å². The number of hydrogen-bond donors (Lipinski definition) is 2. The first-order valence-corrected chi connectivity index (χ1v) is 6.88. The molecule has 0 atom stereocenters. The third-order valence-corrected chi connectivity index (χ3v) is 3.50. The van der Waals surface area contributed by atoms with Crippen LogP contribution >= 0.6 is 0 Å². The van der Waals surface area contributed by atoms with E-state index in [1.165, 1.54) is 6.07 Å². The Labute approximate surface area is 128 Å². The van der Waals surface area contributed by atoms with Crippen molar-refractivity contribution in [3.63, 3.8) is 0 Å². The van der Waals surface area contributed by atoms with Crippen molar-refractivity contribution >= 4 is 5.78 Å². The molecular formula is C19H14O3. The summed E-state index contributed by atoms with van der Waals surface area (Å²) in [5.41, 5.74) is 1.63. The molecule has 3 heteroatoms. The molecule has 0 aliphatic heterocycles. The highest BCUT2D eigenvalue weighted by Gasteiger charge is 2.21. The van der Waals surface area contributed by atoms with E-state index in [1.54, 1.807) is 36.4 Å². The molecule has 108 valence electrons. The summed E-state index contributed by atoms with van der Waals surface area (Å²) in [7, 11) is 0. The Kier molecular flexibility index (Phi) is 3.62. The number of hydrogen-bond acceptors (Lipinski definition) is 3. The van der Waals surface area contributed by atoms with Gasteiger partial charge in [0, 0.05) is 11.1 Å². The number of benzene rings is 3. The first-order valence-electron chi connectivity index (χ1n) is 6.88. The molecule has 3 aromatic carbocycles. The lowest BCUT2D eigenvalue weighted by atomic mass is 9.96. The van der Waals surface area contributed by atoms with Crippen molar-refractivity contribution in [2.45, 2.75) is 0 Å². The normalized spacial score (nSPS) is 10.4. The maximum Gasteiger partial charge on any atom is 0.200 e. The van der Waals surface area contributed by atoms with Gasteiger partial charge < -0.3 is 10.2 Å². The van der Waals surface area contributed by atoms with Crippen LogP contribution in [0, 0.1) is 0 Å². The topological polar surface area (TPSA) is 57.5 Å².